The zero-order valence-corrected chi connectivity index (χ0v) is 15.9. The quantitative estimate of drug-likeness (QED) is 0.677. The van der Waals surface area contributed by atoms with Gasteiger partial charge in [0.05, 0.1) is 18.7 Å². The van der Waals surface area contributed by atoms with Crippen LogP contribution in [-0.4, -0.2) is 29.5 Å². The summed E-state index contributed by atoms with van der Waals surface area (Å²) in [6, 6.07) is 14.8. The molecule has 0 saturated heterocycles. The SMILES string of the molecule is Cn1c2c(c3ccccc31)C(c1ccc(Cl)cc1)C(=O)N(S(C)(=O)=O)C2. The van der Waals surface area contributed by atoms with Gasteiger partial charge in [-0.25, -0.2) is 12.7 Å². The van der Waals surface area contributed by atoms with Crippen LogP contribution in [0.3, 0.4) is 0 Å². The molecule has 3 aromatic rings. The third-order valence-electron chi connectivity index (χ3n) is 4.95. The van der Waals surface area contributed by atoms with Crippen LogP contribution in [0.5, 0.6) is 0 Å². The van der Waals surface area contributed by atoms with Gasteiger partial charge in [-0.1, -0.05) is 41.9 Å². The third-order valence-corrected chi connectivity index (χ3v) is 6.31. The zero-order valence-electron chi connectivity index (χ0n) is 14.3. The Kier molecular flexibility index (Phi) is 3.86. The van der Waals surface area contributed by atoms with Gasteiger partial charge in [-0.15, -0.1) is 0 Å². The molecule has 2 aromatic carbocycles. The summed E-state index contributed by atoms with van der Waals surface area (Å²) in [5.74, 6) is -1.12. The average molecular weight is 389 g/mol. The Morgan fingerprint density at radius 3 is 2.38 bits per heavy atom. The van der Waals surface area contributed by atoms with Gasteiger partial charge in [-0.3, -0.25) is 4.79 Å². The van der Waals surface area contributed by atoms with Crippen LogP contribution in [0.1, 0.15) is 22.7 Å². The molecule has 1 aromatic heterocycles. The largest absolute Gasteiger partial charge is 0.346 e. The van der Waals surface area contributed by atoms with Crippen LogP contribution in [0.4, 0.5) is 0 Å². The molecule has 0 spiro atoms. The number of nitrogens with zero attached hydrogens (tertiary/aromatic N) is 2. The number of para-hydroxylation sites is 1. The fourth-order valence-corrected chi connectivity index (χ4v) is 4.63. The molecular formula is C19H17ClN2O3S. The van der Waals surface area contributed by atoms with Crippen molar-refractivity contribution in [3.63, 3.8) is 0 Å². The highest BCUT2D eigenvalue weighted by Crippen LogP contribution is 2.41. The number of carbonyl (C=O) groups excluding carboxylic acids is 1. The second kappa shape index (κ2) is 5.86. The zero-order chi connectivity index (χ0) is 18.6. The molecule has 26 heavy (non-hydrogen) atoms. The molecule has 5 nitrogen and oxygen atoms in total. The number of fused-ring (bicyclic) bond motifs is 3. The van der Waals surface area contributed by atoms with E-state index in [1.165, 1.54) is 0 Å². The van der Waals surface area contributed by atoms with Crippen molar-refractivity contribution in [2.75, 3.05) is 6.26 Å². The molecule has 1 amide bonds. The van der Waals surface area contributed by atoms with Gasteiger partial charge in [0, 0.05) is 28.7 Å². The third kappa shape index (κ3) is 2.52. The van der Waals surface area contributed by atoms with Gasteiger partial charge >= 0.3 is 0 Å². The molecule has 1 atom stereocenters. The van der Waals surface area contributed by atoms with Gasteiger partial charge in [0.15, 0.2) is 0 Å². The number of benzene rings is 2. The molecule has 0 aliphatic carbocycles. The lowest BCUT2D eigenvalue weighted by molar-refractivity contribution is -0.128. The Bertz CT molecular complexity index is 1130. The minimum Gasteiger partial charge on any atom is -0.346 e. The van der Waals surface area contributed by atoms with Crippen LogP contribution < -0.4 is 0 Å². The molecule has 2 heterocycles. The van der Waals surface area contributed by atoms with Gasteiger partial charge in [-0.2, -0.15) is 0 Å². The molecule has 1 aliphatic rings. The summed E-state index contributed by atoms with van der Waals surface area (Å²) < 4.78 is 27.4. The fraction of sp³-hybridized carbons (Fsp3) is 0.211. The smallest absolute Gasteiger partial charge is 0.248 e. The molecule has 0 bridgehead atoms. The molecule has 0 fully saturated rings. The van der Waals surface area contributed by atoms with Crippen LogP contribution in [0, 0.1) is 0 Å². The summed E-state index contributed by atoms with van der Waals surface area (Å²) in [6.45, 7) is 0.0439. The molecule has 0 N–H and O–H groups in total. The van der Waals surface area contributed by atoms with Crippen LogP contribution in [0.25, 0.3) is 10.9 Å². The first-order chi connectivity index (χ1) is 12.3. The first-order valence-corrected chi connectivity index (χ1v) is 10.3. The molecule has 1 unspecified atom stereocenters. The normalized spacial score (nSPS) is 17.6. The number of aryl methyl sites for hydroxylation is 1. The Morgan fingerprint density at radius 2 is 1.73 bits per heavy atom. The summed E-state index contributed by atoms with van der Waals surface area (Å²) in [5.41, 5.74) is 3.40. The van der Waals surface area contributed by atoms with Crippen molar-refractivity contribution in [1.82, 2.24) is 8.87 Å². The van der Waals surface area contributed by atoms with Crippen molar-refractivity contribution in [1.29, 1.82) is 0 Å². The number of amides is 1. The first kappa shape index (κ1) is 17.1. The molecule has 0 saturated carbocycles. The second-order valence-corrected chi connectivity index (χ2v) is 8.87. The highest BCUT2D eigenvalue weighted by molar-refractivity contribution is 7.88. The minimum atomic E-state index is -3.68. The van der Waals surface area contributed by atoms with E-state index in [1.807, 2.05) is 35.9 Å². The van der Waals surface area contributed by atoms with E-state index in [0.29, 0.717) is 5.02 Å². The van der Waals surface area contributed by atoms with Crippen molar-refractivity contribution in [3.05, 3.63) is 70.4 Å². The summed E-state index contributed by atoms with van der Waals surface area (Å²) in [6.07, 6.45) is 1.07. The molecule has 1 aliphatic heterocycles. The van der Waals surface area contributed by atoms with Gasteiger partial charge < -0.3 is 4.57 Å². The van der Waals surface area contributed by atoms with E-state index in [2.05, 4.69) is 0 Å². The Hall–Kier alpha value is -2.31. The van der Waals surface area contributed by atoms with E-state index in [9.17, 15) is 13.2 Å². The monoisotopic (exact) mass is 388 g/mol. The average Bonchev–Trinajstić information content (AvgIpc) is 2.88. The van der Waals surface area contributed by atoms with Gasteiger partial charge in [0.2, 0.25) is 15.9 Å². The maximum absolute atomic E-state index is 13.2. The number of hydrogen-bond acceptors (Lipinski definition) is 3. The number of carbonyl (C=O) groups is 1. The number of sulfonamides is 1. The van der Waals surface area contributed by atoms with Crippen LogP contribution in [0.15, 0.2) is 48.5 Å². The number of hydrogen-bond donors (Lipinski definition) is 0. The van der Waals surface area contributed by atoms with E-state index in [-0.39, 0.29) is 6.54 Å². The van der Waals surface area contributed by atoms with Crippen molar-refractivity contribution in [2.45, 2.75) is 12.5 Å². The topological polar surface area (TPSA) is 59.4 Å². The van der Waals surface area contributed by atoms with E-state index in [1.54, 1.807) is 24.3 Å². The van der Waals surface area contributed by atoms with Crippen LogP contribution >= 0.6 is 11.6 Å². The highest BCUT2D eigenvalue weighted by Gasteiger charge is 2.41. The van der Waals surface area contributed by atoms with Gasteiger partial charge in [0.1, 0.15) is 0 Å². The molecule has 4 rings (SSSR count). The summed E-state index contributed by atoms with van der Waals surface area (Å²) in [4.78, 5) is 13.2. The lowest BCUT2D eigenvalue weighted by Gasteiger charge is -2.32. The maximum atomic E-state index is 13.2. The Labute approximate surface area is 156 Å². The van der Waals surface area contributed by atoms with E-state index in [0.717, 1.165) is 38.3 Å². The number of aromatic nitrogens is 1. The maximum Gasteiger partial charge on any atom is 0.248 e. The predicted molar refractivity (Wildman–Crippen MR) is 102 cm³/mol. The summed E-state index contributed by atoms with van der Waals surface area (Å²) >= 11 is 5.99. The number of halogens is 1. The Balaban J connectivity index is 2.04. The van der Waals surface area contributed by atoms with E-state index < -0.39 is 21.8 Å². The molecule has 134 valence electrons. The van der Waals surface area contributed by atoms with Gasteiger partial charge in [-0.05, 0) is 29.3 Å². The standard InChI is InChI=1S/C19H17ClN2O3S/c1-21-15-6-4-3-5-14(15)18-16(21)11-22(26(2,24)25)19(23)17(18)12-7-9-13(20)10-8-12/h3-10,17H,11H2,1-2H3. The summed E-state index contributed by atoms with van der Waals surface area (Å²) in [5, 5.41) is 1.53. The highest BCUT2D eigenvalue weighted by atomic mass is 35.5. The lowest BCUT2D eigenvalue weighted by atomic mass is 9.86. The second-order valence-electron chi connectivity index (χ2n) is 6.53. The fourth-order valence-electron chi connectivity index (χ4n) is 3.72. The molecular weight excluding hydrogens is 372 g/mol. The van der Waals surface area contributed by atoms with Crippen LogP contribution in [0.2, 0.25) is 5.02 Å². The van der Waals surface area contributed by atoms with Crippen LogP contribution in [-0.2, 0) is 28.4 Å². The number of rotatable bonds is 2. The predicted octanol–water partition coefficient (Wildman–Crippen LogP) is 3.27. The van der Waals surface area contributed by atoms with Gasteiger partial charge in [0.25, 0.3) is 0 Å². The summed E-state index contributed by atoms with van der Waals surface area (Å²) in [7, 11) is -1.78. The van der Waals surface area contributed by atoms with Crippen molar-refractivity contribution < 1.29 is 13.2 Å². The van der Waals surface area contributed by atoms with E-state index >= 15 is 0 Å². The van der Waals surface area contributed by atoms with Crippen molar-refractivity contribution in [2.24, 2.45) is 7.05 Å². The van der Waals surface area contributed by atoms with Crippen molar-refractivity contribution in [3.8, 4) is 0 Å². The van der Waals surface area contributed by atoms with Crippen molar-refractivity contribution >= 4 is 38.4 Å². The van der Waals surface area contributed by atoms with E-state index in [4.69, 9.17) is 11.6 Å². The minimum absolute atomic E-state index is 0.0439. The molecule has 0 radical (unpaired) electrons. The molecule has 7 heteroatoms. The Morgan fingerprint density at radius 1 is 1.08 bits per heavy atom. The lowest BCUT2D eigenvalue weighted by Crippen LogP contribution is -2.43. The first-order valence-electron chi connectivity index (χ1n) is 8.12.